The van der Waals surface area contributed by atoms with Crippen molar-refractivity contribution < 1.29 is 8.42 Å². The molecular weight excluding hydrogens is 360 g/mol. The molecule has 8 heteroatoms. The first kappa shape index (κ1) is 19.2. The summed E-state index contributed by atoms with van der Waals surface area (Å²) in [5.74, 6) is 0.675. The highest BCUT2D eigenvalue weighted by molar-refractivity contribution is 7.90. The number of nitrogens with one attached hydrogen (secondary N) is 2. The Morgan fingerprint density at radius 1 is 1.12 bits per heavy atom. The first-order valence-electron chi connectivity index (χ1n) is 7.72. The summed E-state index contributed by atoms with van der Waals surface area (Å²) in [5.41, 5.74) is 2.06. The van der Waals surface area contributed by atoms with Crippen molar-refractivity contribution in [3.8, 4) is 0 Å². The van der Waals surface area contributed by atoms with Gasteiger partial charge in [0.15, 0.2) is 15.8 Å². The number of aliphatic imine (C=N–C) groups is 1. The van der Waals surface area contributed by atoms with Crippen LogP contribution in [-0.4, -0.2) is 39.2 Å². The third-order valence-electron chi connectivity index (χ3n) is 3.53. The van der Waals surface area contributed by atoms with Crippen molar-refractivity contribution in [2.24, 2.45) is 4.99 Å². The van der Waals surface area contributed by atoms with E-state index in [0.717, 1.165) is 17.5 Å². The van der Waals surface area contributed by atoms with Gasteiger partial charge >= 0.3 is 0 Å². The molecule has 1 heterocycles. The Morgan fingerprint density at radius 3 is 2.36 bits per heavy atom. The van der Waals surface area contributed by atoms with Crippen molar-refractivity contribution in [3.05, 3.63) is 58.9 Å². The number of benzene rings is 1. The summed E-state index contributed by atoms with van der Waals surface area (Å²) < 4.78 is 22.9. The lowest BCUT2D eigenvalue weighted by Crippen LogP contribution is -2.37. The highest BCUT2D eigenvalue weighted by atomic mass is 35.5. The Kier molecular flexibility index (Phi) is 6.78. The van der Waals surface area contributed by atoms with Gasteiger partial charge in [-0.3, -0.25) is 4.99 Å². The van der Waals surface area contributed by atoms with Gasteiger partial charge in [0.1, 0.15) is 5.15 Å². The molecule has 0 saturated heterocycles. The quantitative estimate of drug-likeness (QED) is 0.455. The minimum absolute atomic E-state index is 0.315. The first-order valence-corrected chi connectivity index (χ1v) is 9.99. The maximum Gasteiger partial charge on any atom is 0.191 e. The Hall–Kier alpha value is -2.12. The van der Waals surface area contributed by atoms with E-state index in [4.69, 9.17) is 11.6 Å². The lowest BCUT2D eigenvalue weighted by Gasteiger charge is -2.12. The topological polar surface area (TPSA) is 83.4 Å². The molecule has 6 nitrogen and oxygen atoms in total. The number of halogens is 1. The zero-order chi connectivity index (χ0) is 18.3. The van der Waals surface area contributed by atoms with Crippen molar-refractivity contribution in [3.63, 3.8) is 0 Å². The molecule has 25 heavy (non-hydrogen) atoms. The summed E-state index contributed by atoms with van der Waals surface area (Å²) in [6.45, 7) is 1.25. The number of hydrogen-bond donors (Lipinski definition) is 2. The molecule has 0 atom stereocenters. The summed E-state index contributed by atoms with van der Waals surface area (Å²) in [4.78, 5) is 8.53. The van der Waals surface area contributed by atoms with Crippen molar-refractivity contribution in [2.45, 2.75) is 17.9 Å². The largest absolute Gasteiger partial charge is 0.356 e. The Labute approximate surface area is 153 Å². The number of aromatic nitrogens is 1. The fourth-order valence-electron chi connectivity index (χ4n) is 2.14. The van der Waals surface area contributed by atoms with Crippen molar-refractivity contribution in [2.75, 3.05) is 19.8 Å². The normalized spacial score (nSPS) is 12.0. The van der Waals surface area contributed by atoms with E-state index in [9.17, 15) is 8.42 Å². The molecule has 0 radical (unpaired) electrons. The molecule has 0 aliphatic heterocycles. The van der Waals surface area contributed by atoms with Gasteiger partial charge < -0.3 is 10.6 Å². The SMILES string of the molecule is CN=C(NCCc1ccc(Cl)nc1)NCc1ccc(S(C)(=O)=O)cc1. The highest BCUT2D eigenvalue weighted by Crippen LogP contribution is 2.10. The Bertz CT molecular complexity index is 819. The highest BCUT2D eigenvalue weighted by Gasteiger charge is 2.06. The maximum atomic E-state index is 11.5. The van der Waals surface area contributed by atoms with Crippen LogP contribution in [0.5, 0.6) is 0 Å². The van der Waals surface area contributed by atoms with Crippen molar-refractivity contribution in [1.29, 1.82) is 0 Å². The smallest absolute Gasteiger partial charge is 0.191 e. The summed E-state index contributed by atoms with van der Waals surface area (Å²) in [7, 11) is -1.47. The molecule has 0 unspecified atom stereocenters. The van der Waals surface area contributed by atoms with Crippen LogP contribution in [0.25, 0.3) is 0 Å². The predicted octanol–water partition coefficient (Wildman–Crippen LogP) is 2.05. The molecule has 0 amide bonds. The molecule has 2 N–H and O–H groups in total. The second-order valence-corrected chi connectivity index (χ2v) is 7.91. The van der Waals surface area contributed by atoms with Crippen LogP contribution >= 0.6 is 11.6 Å². The van der Waals surface area contributed by atoms with E-state index in [1.165, 1.54) is 6.26 Å². The number of rotatable bonds is 6. The van der Waals surface area contributed by atoms with E-state index in [2.05, 4.69) is 20.6 Å². The van der Waals surface area contributed by atoms with E-state index in [1.54, 1.807) is 43.6 Å². The zero-order valence-electron chi connectivity index (χ0n) is 14.2. The van der Waals surface area contributed by atoms with E-state index < -0.39 is 9.84 Å². The third kappa shape index (κ3) is 6.36. The van der Waals surface area contributed by atoms with Gasteiger partial charge in [-0.15, -0.1) is 0 Å². The van der Waals surface area contributed by atoms with E-state index in [0.29, 0.717) is 29.1 Å². The van der Waals surface area contributed by atoms with Gasteiger partial charge in [0.2, 0.25) is 0 Å². The summed E-state index contributed by atoms with van der Waals surface area (Å²) >= 11 is 5.76. The van der Waals surface area contributed by atoms with E-state index in [-0.39, 0.29) is 0 Å². The number of pyridine rings is 1. The van der Waals surface area contributed by atoms with Crippen LogP contribution in [0.15, 0.2) is 52.5 Å². The molecule has 0 aliphatic carbocycles. The average Bonchev–Trinajstić information content (AvgIpc) is 2.59. The molecular formula is C17H21ClN4O2S. The molecule has 0 saturated carbocycles. The number of hydrogen-bond acceptors (Lipinski definition) is 4. The van der Waals surface area contributed by atoms with Crippen LogP contribution in [0.2, 0.25) is 5.15 Å². The van der Waals surface area contributed by atoms with Crippen LogP contribution < -0.4 is 10.6 Å². The molecule has 0 aliphatic rings. The molecule has 0 bridgehead atoms. The lowest BCUT2D eigenvalue weighted by atomic mass is 10.2. The van der Waals surface area contributed by atoms with Crippen LogP contribution in [0.3, 0.4) is 0 Å². The van der Waals surface area contributed by atoms with Gasteiger partial charge in [-0.2, -0.15) is 0 Å². The summed E-state index contributed by atoms with van der Waals surface area (Å²) in [6.07, 6.45) is 3.75. The fraction of sp³-hybridized carbons (Fsp3) is 0.294. The molecule has 1 aromatic carbocycles. The molecule has 2 aromatic rings. The molecule has 134 valence electrons. The van der Waals surface area contributed by atoms with Crippen molar-refractivity contribution in [1.82, 2.24) is 15.6 Å². The van der Waals surface area contributed by atoms with Crippen molar-refractivity contribution >= 4 is 27.4 Å². The lowest BCUT2D eigenvalue weighted by molar-refractivity contribution is 0.602. The second-order valence-electron chi connectivity index (χ2n) is 5.51. The zero-order valence-corrected chi connectivity index (χ0v) is 15.7. The second kappa shape index (κ2) is 8.82. The van der Waals surface area contributed by atoms with Gasteiger partial charge in [-0.05, 0) is 35.7 Å². The number of guanidine groups is 1. The van der Waals surface area contributed by atoms with Crippen LogP contribution in [0, 0.1) is 0 Å². The minimum Gasteiger partial charge on any atom is -0.356 e. The van der Waals surface area contributed by atoms with Crippen LogP contribution in [0.4, 0.5) is 0 Å². The third-order valence-corrected chi connectivity index (χ3v) is 4.88. The van der Waals surface area contributed by atoms with Gasteiger partial charge in [0, 0.05) is 32.6 Å². The summed E-state index contributed by atoms with van der Waals surface area (Å²) in [6, 6.07) is 10.5. The maximum absolute atomic E-state index is 11.5. The standard InChI is InChI=1S/C17H21ClN4O2S/c1-19-17(20-10-9-14-5-8-16(18)21-11-14)22-12-13-3-6-15(7-4-13)25(2,23)24/h3-8,11H,9-10,12H2,1-2H3,(H2,19,20,22). The fourth-order valence-corrected chi connectivity index (χ4v) is 2.88. The number of nitrogens with zero attached hydrogens (tertiary/aromatic N) is 2. The van der Waals surface area contributed by atoms with Gasteiger partial charge in [-0.1, -0.05) is 29.8 Å². The van der Waals surface area contributed by atoms with Gasteiger partial charge in [-0.25, -0.2) is 13.4 Å². The van der Waals surface area contributed by atoms with E-state index in [1.807, 2.05) is 6.07 Å². The molecule has 1 aromatic heterocycles. The Balaban J connectivity index is 1.81. The minimum atomic E-state index is -3.17. The summed E-state index contributed by atoms with van der Waals surface area (Å²) in [5, 5.41) is 6.90. The van der Waals surface area contributed by atoms with Gasteiger partial charge in [0.25, 0.3) is 0 Å². The number of sulfone groups is 1. The molecule has 2 rings (SSSR count). The predicted molar refractivity (Wildman–Crippen MR) is 101 cm³/mol. The van der Waals surface area contributed by atoms with E-state index >= 15 is 0 Å². The molecule has 0 fully saturated rings. The van der Waals surface area contributed by atoms with Gasteiger partial charge in [0.05, 0.1) is 4.90 Å². The average molecular weight is 381 g/mol. The monoisotopic (exact) mass is 380 g/mol. The first-order chi connectivity index (χ1) is 11.9. The van der Waals surface area contributed by atoms with Crippen LogP contribution in [0.1, 0.15) is 11.1 Å². The van der Waals surface area contributed by atoms with Crippen LogP contribution in [-0.2, 0) is 22.8 Å². The Morgan fingerprint density at radius 2 is 1.80 bits per heavy atom. The molecule has 0 spiro atoms.